The number of rotatable bonds is 5. The Morgan fingerprint density at radius 1 is 1.39 bits per heavy atom. The molecule has 1 aromatic carbocycles. The summed E-state index contributed by atoms with van der Waals surface area (Å²) in [5.74, 6) is -1.75. The van der Waals surface area contributed by atoms with Crippen LogP contribution in [0.15, 0.2) is 18.2 Å². The maximum absolute atomic E-state index is 11.7. The van der Waals surface area contributed by atoms with Crippen LogP contribution in [0.5, 0.6) is 5.75 Å². The van der Waals surface area contributed by atoms with Crippen LogP contribution in [-0.2, 0) is 9.53 Å². The Kier molecular flexibility index (Phi) is 4.36. The molecule has 0 amide bonds. The van der Waals surface area contributed by atoms with Crippen LogP contribution in [0.4, 0.5) is 5.69 Å². The van der Waals surface area contributed by atoms with Gasteiger partial charge in [0.05, 0.1) is 24.0 Å². The summed E-state index contributed by atoms with van der Waals surface area (Å²) in [4.78, 5) is 32.5. The molecule has 7 heteroatoms. The van der Waals surface area contributed by atoms with E-state index < -0.39 is 28.1 Å². The fourth-order valence-electron chi connectivity index (χ4n) is 1.40. The fourth-order valence-corrected chi connectivity index (χ4v) is 1.40. The van der Waals surface area contributed by atoms with Crippen molar-refractivity contribution in [2.75, 3.05) is 7.11 Å². The van der Waals surface area contributed by atoms with Gasteiger partial charge in [0.1, 0.15) is 0 Å². The number of nitro benzene ring substituents is 1. The number of carbonyl (C=O) groups excluding carboxylic acids is 2. The van der Waals surface area contributed by atoms with Gasteiger partial charge < -0.3 is 9.84 Å². The van der Waals surface area contributed by atoms with Gasteiger partial charge in [-0.05, 0) is 12.1 Å². The molecule has 0 aliphatic rings. The molecule has 0 saturated heterocycles. The summed E-state index contributed by atoms with van der Waals surface area (Å²) in [6, 6.07) is 3.68. The lowest BCUT2D eigenvalue weighted by atomic mass is 10.0. The summed E-state index contributed by atoms with van der Waals surface area (Å²) in [6.45, 7) is 0. The first-order valence-corrected chi connectivity index (χ1v) is 5.03. The highest BCUT2D eigenvalue weighted by atomic mass is 16.6. The molecule has 0 spiro atoms. The molecule has 7 nitrogen and oxygen atoms in total. The Labute approximate surface area is 102 Å². The van der Waals surface area contributed by atoms with Crippen molar-refractivity contribution in [3.63, 3.8) is 0 Å². The number of Topliss-reactive ketones (excluding diaryl/α,β-unsaturated/α-hetero) is 1. The normalized spacial score (nSPS) is 9.83. The van der Waals surface area contributed by atoms with Gasteiger partial charge in [0.25, 0.3) is 0 Å². The predicted molar refractivity (Wildman–Crippen MR) is 60.3 cm³/mol. The summed E-state index contributed by atoms with van der Waals surface area (Å²) >= 11 is 0. The number of phenolic OH excluding ortho intramolecular Hbond substituents is 1. The SMILES string of the molecule is COC(=O)CCC(=O)c1cccc(O)c1[N+](=O)[O-]. The highest BCUT2D eigenvalue weighted by Gasteiger charge is 2.24. The van der Waals surface area contributed by atoms with Crippen LogP contribution < -0.4 is 0 Å². The number of para-hydroxylation sites is 1. The van der Waals surface area contributed by atoms with E-state index in [1.165, 1.54) is 19.2 Å². The Morgan fingerprint density at radius 2 is 2.06 bits per heavy atom. The van der Waals surface area contributed by atoms with Crippen LogP contribution in [0.2, 0.25) is 0 Å². The van der Waals surface area contributed by atoms with Gasteiger partial charge in [-0.3, -0.25) is 19.7 Å². The highest BCUT2D eigenvalue weighted by Crippen LogP contribution is 2.30. The van der Waals surface area contributed by atoms with Crippen LogP contribution in [-0.4, -0.2) is 28.9 Å². The van der Waals surface area contributed by atoms with E-state index in [2.05, 4.69) is 4.74 Å². The Balaban J connectivity index is 2.96. The second-order valence-electron chi connectivity index (χ2n) is 3.43. The first-order chi connectivity index (χ1) is 8.47. The zero-order valence-electron chi connectivity index (χ0n) is 9.58. The minimum Gasteiger partial charge on any atom is -0.502 e. The quantitative estimate of drug-likeness (QED) is 0.368. The molecule has 1 N–H and O–H groups in total. The minimum absolute atomic E-state index is 0.165. The molecule has 0 unspecified atom stereocenters. The van der Waals surface area contributed by atoms with Crippen LogP contribution in [0.3, 0.4) is 0 Å². The van der Waals surface area contributed by atoms with Crippen molar-refractivity contribution in [3.05, 3.63) is 33.9 Å². The van der Waals surface area contributed by atoms with Crippen molar-refractivity contribution in [1.29, 1.82) is 0 Å². The highest BCUT2D eigenvalue weighted by molar-refractivity contribution is 6.01. The zero-order chi connectivity index (χ0) is 13.7. The van der Waals surface area contributed by atoms with E-state index >= 15 is 0 Å². The molecular formula is C11H11NO6. The molecule has 96 valence electrons. The van der Waals surface area contributed by atoms with Crippen LogP contribution >= 0.6 is 0 Å². The van der Waals surface area contributed by atoms with E-state index in [4.69, 9.17) is 0 Å². The number of phenols is 1. The van der Waals surface area contributed by atoms with E-state index in [0.29, 0.717) is 0 Å². The molecule has 0 atom stereocenters. The van der Waals surface area contributed by atoms with E-state index in [-0.39, 0.29) is 18.4 Å². The largest absolute Gasteiger partial charge is 0.502 e. The predicted octanol–water partition coefficient (Wildman–Crippen LogP) is 1.44. The zero-order valence-corrected chi connectivity index (χ0v) is 9.58. The average Bonchev–Trinajstić information content (AvgIpc) is 2.34. The third-order valence-corrected chi connectivity index (χ3v) is 2.28. The van der Waals surface area contributed by atoms with Crippen LogP contribution in [0.25, 0.3) is 0 Å². The number of hydrogen-bond acceptors (Lipinski definition) is 6. The van der Waals surface area contributed by atoms with E-state index in [9.17, 15) is 24.8 Å². The van der Waals surface area contributed by atoms with Crippen molar-refractivity contribution in [2.45, 2.75) is 12.8 Å². The minimum atomic E-state index is -0.833. The standard InChI is InChI=1S/C11H11NO6/c1-18-10(15)6-5-8(13)7-3-2-4-9(14)11(7)12(16)17/h2-4,14H,5-6H2,1H3. The number of nitro groups is 1. The fraction of sp³-hybridized carbons (Fsp3) is 0.273. The summed E-state index contributed by atoms with van der Waals surface area (Å²) in [6.07, 6.45) is -0.376. The number of methoxy groups -OCH3 is 1. The van der Waals surface area contributed by atoms with Gasteiger partial charge in [-0.15, -0.1) is 0 Å². The smallest absolute Gasteiger partial charge is 0.321 e. The maximum atomic E-state index is 11.7. The second-order valence-corrected chi connectivity index (χ2v) is 3.43. The van der Waals surface area contributed by atoms with Gasteiger partial charge in [0.2, 0.25) is 0 Å². The molecule has 1 rings (SSSR count). The second kappa shape index (κ2) is 5.76. The van der Waals surface area contributed by atoms with Crippen molar-refractivity contribution < 1.29 is 24.4 Å². The lowest BCUT2D eigenvalue weighted by molar-refractivity contribution is -0.386. The number of nitrogens with zero attached hydrogens (tertiary/aromatic N) is 1. The molecule has 0 radical (unpaired) electrons. The number of hydrogen-bond donors (Lipinski definition) is 1. The Morgan fingerprint density at radius 3 is 2.61 bits per heavy atom. The molecular weight excluding hydrogens is 242 g/mol. The summed E-state index contributed by atoms with van der Waals surface area (Å²) < 4.78 is 4.36. The number of benzene rings is 1. The average molecular weight is 253 g/mol. The van der Waals surface area contributed by atoms with Crippen molar-refractivity contribution in [3.8, 4) is 5.75 Å². The van der Waals surface area contributed by atoms with Crippen molar-refractivity contribution >= 4 is 17.4 Å². The summed E-state index contributed by atoms with van der Waals surface area (Å²) in [5.41, 5.74) is -0.865. The van der Waals surface area contributed by atoms with Gasteiger partial charge in [-0.1, -0.05) is 6.07 Å². The molecule has 1 aromatic rings. The number of aromatic hydroxyl groups is 1. The van der Waals surface area contributed by atoms with Crippen LogP contribution in [0.1, 0.15) is 23.2 Å². The molecule has 0 saturated carbocycles. The molecule has 0 aromatic heterocycles. The van der Waals surface area contributed by atoms with Crippen LogP contribution in [0, 0.1) is 10.1 Å². The lowest BCUT2D eigenvalue weighted by Gasteiger charge is -2.03. The first kappa shape index (κ1) is 13.6. The third-order valence-electron chi connectivity index (χ3n) is 2.28. The summed E-state index contributed by atoms with van der Waals surface area (Å²) in [5, 5.41) is 20.1. The van der Waals surface area contributed by atoms with E-state index in [1.807, 2.05) is 0 Å². The van der Waals surface area contributed by atoms with E-state index in [1.54, 1.807) is 0 Å². The first-order valence-electron chi connectivity index (χ1n) is 5.03. The molecule has 18 heavy (non-hydrogen) atoms. The maximum Gasteiger partial charge on any atom is 0.321 e. The topological polar surface area (TPSA) is 107 Å². The molecule has 0 bridgehead atoms. The Hall–Kier alpha value is -2.44. The third kappa shape index (κ3) is 3.03. The monoisotopic (exact) mass is 253 g/mol. The number of carbonyl (C=O) groups is 2. The molecule has 0 aliphatic carbocycles. The number of esters is 1. The van der Waals surface area contributed by atoms with Gasteiger partial charge in [-0.25, -0.2) is 0 Å². The Bertz CT molecular complexity index is 496. The van der Waals surface area contributed by atoms with Gasteiger partial charge in [0, 0.05) is 6.42 Å². The van der Waals surface area contributed by atoms with Gasteiger partial charge in [0.15, 0.2) is 11.5 Å². The van der Waals surface area contributed by atoms with Crippen molar-refractivity contribution in [2.24, 2.45) is 0 Å². The van der Waals surface area contributed by atoms with Crippen molar-refractivity contribution in [1.82, 2.24) is 0 Å². The number of ether oxygens (including phenoxy) is 1. The lowest BCUT2D eigenvalue weighted by Crippen LogP contribution is -2.08. The summed E-state index contributed by atoms with van der Waals surface area (Å²) in [7, 11) is 1.18. The molecule has 0 heterocycles. The number of ketones is 1. The van der Waals surface area contributed by atoms with Gasteiger partial charge >= 0.3 is 11.7 Å². The molecule has 0 aliphatic heterocycles. The van der Waals surface area contributed by atoms with E-state index in [0.717, 1.165) is 6.07 Å². The molecule has 0 fully saturated rings. The van der Waals surface area contributed by atoms with Gasteiger partial charge in [-0.2, -0.15) is 0 Å².